The molecule has 1 aromatic rings. The maximum atomic E-state index is 9.22. The van der Waals surface area contributed by atoms with Crippen molar-refractivity contribution in [3.05, 3.63) is 17.7 Å². The molecule has 114 valence electrons. The lowest BCUT2D eigenvalue weighted by molar-refractivity contribution is 0.210. The van der Waals surface area contributed by atoms with Crippen LogP contribution in [-0.4, -0.2) is 50.5 Å². The lowest BCUT2D eigenvalue weighted by atomic mass is 10.2. The molecule has 20 heavy (non-hydrogen) atoms. The van der Waals surface area contributed by atoms with E-state index in [4.69, 9.17) is 14.2 Å². The number of aliphatic hydroxyl groups excluding tert-OH is 1. The molecule has 0 aliphatic rings. The topological polar surface area (TPSA) is 51.2 Å². The highest BCUT2D eigenvalue weighted by molar-refractivity contribution is 5.53. The summed E-state index contributed by atoms with van der Waals surface area (Å²) < 4.78 is 16.4. The molecule has 1 rings (SSSR count). The van der Waals surface area contributed by atoms with Gasteiger partial charge in [0, 0.05) is 6.54 Å². The van der Waals surface area contributed by atoms with E-state index in [9.17, 15) is 5.11 Å². The summed E-state index contributed by atoms with van der Waals surface area (Å²) in [5.41, 5.74) is 0.731. The second-order valence-electron chi connectivity index (χ2n) is 4.36. The molecule has 0 atom stereocenters. The molecule has 0 bridgehead atoms. The molecule has 0 saturated carbocycles. The van der Waals surface area contributed by atoms with E-state index in [1.807, 2.05) is 0 Å². The Morgan fingerprint density at radius 2 is 1.60 bits per heavy atom. The zero-order valence-electron chi connectivity index (χ0n) is 12.8. The van der Waals surface area contributed by atoms with Crippen LogP contribution in [-0.2, 0) is 6.61 Å². The summed E-state index contributed by atoms with van der Waals surface area (Å²) in [6.45, 7) is 7.59. The van der Waals surface area contributed by atoms with Crippen LogP contribution < -0.4 is 14.2 Å². The number of ether oxygens (including phenoxy) is 3. The molecule has 0 aliphatic carbocycles. The molecule has 1 N–H and O–H groups in total. The number of hydrogen-bond donors (Lipinski definition) is 1. The van der Waals surface area contributed by atoms with Crippen LogP contribution >= 0.6 is 0 Å². The third kappa shape index (κ3) is 4.28. The van der Waals surface area contributed by atoms with Gasteiger partial charge in [0.1, 0.15) is 6.61 Å². The van der Waals surface area contributed by atoms with E-state index in [1.54, 1.807) is 26.4 Å². The highest BCUT2D eigenvalue weighted by Crippen LogP contribution is 2.38. The van der Waals surface area contributed by atoms with Gasteiger partial charge in [-0.15, -0.1) is 0 Å². The Bertz CT molecular complexity index is 380. The van der Waals surface area contributed by atoms with E-state index < -0.39 is 0 Å². The predicted octanol–water partition coefficient (Wildman–Crippen LogP) is 1.92. The third-order valence-corrected chi connectivity index (χ3v) is 3.25. The SMILES string of the molecule is CCN(CC)CCOc1c(OC)cc(CO)cc1OC. The standard InChI is InChI=1S/C15H25NO4/c1-5-16(6-2)7-8-20-15-13(18-3)9-12(11-17)10-14(15)19-4/h9-10,17H,5-8,11H2,1-4H3. The van der Waals surface area contributed by atoms with Crippen molar-refractivity contribution in [2.75, 3.05) is 40.5 Å². The first-order chi connectivity index (χ1) is 9.69. The Morgan fingerprint density at radius 1 is 1.05 bits per heavy atom. The Hall–Kier alpha value is -1.46. The number of methoxy groups -OCH3 is 2. The first kappa shape index (κ1) is 16.6. The van der Waals surface area contributed by atoms with Gasteiger partial charge in [-0.2, -0.15) is 0 Å². The minimum atomic E-state index is -0.0630. The molecule has 0 radical (unpaired) electrons. The van der Waals surface area contributed by atoms with Gasteiger partial charge >= 0.3 is 0 Å². The minimum absolute atomic E-state index is 0.0630. The van der Waals surface area contributed by atoms with Gasteiger partial charge in [-0.3, -0.25) is 0 Å². The van der Waals surface area contributed by atoms with Crippen molar-refractivity contribution < 1.29 is 19.3 Å². The summed E-state index contributed by atoms with van der Waals surface area (Å²) in [5, 5.41) is 9.22. The Labute approximate surface area is 121 Å². The molecule has 0 saturated heterocycles. The largest absolute Gasteiger partial charge is 0.493 e. The quantitative estimate of drug-likeness (QED) is 0.750. The van der Waals surface area contributed by atoms with Crippen molar-refractivity contribution in [2.45, 2.75) is 20.5 Å². The smallest absolute Gasteiger partial charge is 0.203 e. The molecular formula is C15H25NO4. The number of rotatable bonds is 9. The predicted molar refractivity (Wildman–Crippen MR) is 78.8 cm³/mol. The number of hydrogen-bond acceptors (Lipinski definition) is 5. The molecule has 0 amide bonds. The maximum Gasteiger partial charge on any atom is 0.203 e. The second-order valence-corrected chi connectivity index (χ2v) is 4.36. The van der Waals surface area contributed by atoms with Gasteiger partial charge in [0.25, 0.3) is 0 Å². The maximum absolute atomic E-state index is 9.22. The Morgan fingerprint density at radius 3 is 2.00 bits per heavy atom. The van der Waals surface area contributed by atoms with Crippen molar-refractivity contribution in [1.29, 1.82) is 0 Å². The minimum Gasteiger partial charge on any atom is -0.493 e. The van der Waals surface area contributed by atoms with Crippen molar-refractivity contribution >= 4 is 0 Å². The monoisotopic (exact) mass is 283 g/mol. The molecule has 5 heteroatoms. The van der Waals surface area contributed by atoms with E-state index in [1.165, 1.54) is 0 Å². The van der Waals surface area contributed by atoms with Crippen LogP contribution in [0.25, 0.3) is 0 Å². The van der Waals surface area contributed by atoms with E-state index in [2.05, 4.69) is 18.7 Å². The van der Waals surface area contributed by atoms with E-state index in [0.29, 0.717) is 23.9 Å². The van der Waals surface area contributed by atoms with E-state index in [-0.39, 0.29) is 6.61 Å². The van der Waals surface area contributed by atoms with Crippen LogP contribution in [0.4, 0.5) is 0 Å². The molecule has 0 heterocycles. The van der Waals surface area contributed by atoms with Crippen LogP contribution in [0, 0.1) is 0 Å². The van der Waals surface area contributed by atoms with Crippen LogP contribution in [0.2, 0.25) is 0 Å². The van der Waals surface area contributed by atoms with Gasteiger partial charge in [-0.1, -0.05) is 13.8 Å². The molecule has 0 spiro atoms. The molecule has 5 nitrogen and oxygen atoms in total. The number of likely N-dealkylation sites (N-methyl/N-ethyl adjacent to an activating group) is 1. The van der Waals surface area contributed by atoms with Crippen LogP contribution in [0.1, 0.15) is 19.4 Å². The van der Waals surface area contributed by atoms with Crippen LogP contribution in [0.5, 0.6) is 17.2 Å². The lowest BCUT2D eigenvalue weighted by Crippen LogP contribution is -2.28. The first-order valence-corrected chi connectivity index (χ1v) is 6.90. The average molecular weight is 283 g/mol. The second kappa shape index (κ2) is 8.66. The molecule has 0 fully saturated rings. The molecule has 0 aromatic heterocycles. The van der Waals surface area contributed by atoms with Gasteiger partial charge in [0.15, 0.2) is 11.5 Å². The first-order valence-electron chi connectivity index (χ1n) is 6.90. The van der Waals surface area contributed by atoms with E-state index in [0.717, 1.165) is 25.2 Å². The van der Waals surface area contributed by atoms with Gasteiger partial charge in [0.2, 0.25) is 5.75 Å². The zero-order valence-corrected chi connectivity index (χ0v) is 12.8. The summed E-state index contributed by atoms with van der Waals surface area (Å²) in [4.78, 5) is 2.28. The van der Waals surface area contributed by atoms with Crippen LogP contribution in [0.15, 0.2) is 12.1 Å². The fourth-order valence-electron chi connectivity index (χ4n) is 1.98. The third-order valence-electron chi connectivity index (χ3n) is 3.25. The van der Waals surface area contributed by atoms with Crippen molar-refractivity contribution in [3.8, 4) is 17.2 Å². The normalized spacial score (nSPS) is 10.7. The Balaban J connectivity index is 2.81. The average Bonchev–Trinajstić information content (AvgIpc) is 2.50. The molecular weight excluding hydrogens is 258 g/mol. The molecule has 1 aromatic carbocycles. The fourth-order valence-corrected chi connectivity index (χ4v) is 1.98. The van der Waals surface area contributed by atoms with Gasteiger partial charge < -0.3 is 24.2 Å². The fraction of sp³-hybridized carbons (Fsp3) is 0.600. The van der Waals surface area contributed by atoms with Crippen molar-refractivity contribution in [3.63, 3.8) is 0 Å². The number of nitrogens with zero attached hydrogens (tertiary/aromatic N) is 1. The van der Waals surface area contributed by atoms with Gasteiger partial charge in [-0.25, -0.2) is 0 Å². The summed E-state index contributed by atoms with van der Waals surface area (Å²) in [6.07, 6.45) is 0. The number of aliphatic hydroxyl groups is 1. The van der Waals surface area contributed by atoms with Gasteiger partial charge in [-0.05, 0) is 30.8 Å². The summed E-state index contributed by atoms with van der Waals surface area (Å²) in [6, 6.07) is 3.52. The molecule has 0 aliphatic heterocycles. The Kier molecular flexibility index (Phi) is 7.18. The zero-order chi connectivity index (χ0) is 15.0. The summed E-state index contributed by atoms with van der Waals surface area (Å²) >= 11 is 0. The molecule has 0 unspecified atom stereocenters. The van der Waals surface area contributed by atoms with E-state index >= 15 is 0 Å². The highest BCUT2D eigenvalue weighted by Gasteiger charge is 2.14. The highest BCUT2D eigenvalue weighted by atomic mass is 16.5. The van der Waals surface area contributed by atoms with Crippen LogP contribution in [0.3, 0.4) is 0 Å². The van der Waals surface area contributed by atoms with Gasteiger partial charge in [0.05, 0.1) is 20.8 Å². The lowest BCUT2D eigenvalue weighted by Gasteiger charge is -2.20. The summed E-state index contributed by atoms with van der Waals surface area (Å²) in [5.74, 6) is 1.74. The van der Waals surface area contributed by atoms with Crippen molar-refractivity contribution in [2.24, 2.45) is 0 Å². The number of benzene rings is 1. The summed E-state index contributed by atoms with van der Waals surface area (Å²) in [7, 11) is 3.15. The van der Waals surface area contributed by atoms with Crippen molar-refractivity contribution in [1.82, 2.24) is 4.90 Å².